The van der Waals surface area contributed by atoms with Gasteiger partial charge in [-0.3, -0.25) is 5.10 Å². The second-order valence-corrected chi connectivity index (χ2v) is 8.03. The molecular formula is C18H32N4O2. The van der Waals surface area contributed by atoms with Gasteiger partial charge in [0.2, 0.25) is 0 Å². The van der Waals surface area contributed by atoms with Crippen LogP contribution in [0.5, 0.6) is 0 Å². The molecule has 1 aromatic heterocycles. The summed E-state index contributed by atoms with van der Waals surface area (Å²) in [6.07, 6.45) is 6.18. The predicted octanol–water partition coefficient (Wildman–Crippen LogP) is 3.28. The lowest BCUT2D eigenvalue weighted by Gasteiger charge is -2.44. The molecule has 0 spiro atoms. The Morgan fingerprint density at radius 2 is 2.21 bits per heavy atom. The number of ether oxygens (including phenoxy) is 1. The first kappa shape index (κ1) is 18.8. The van der Waals surface area contributed by atoms with Gasteiger partial charge in [-0.05, 0) is 46.5 Å². The summed E-state index contributed by atoms with van der Waals surface area (Å²) in [5.41, 5.74) is 1.68. The average Bonchev–Trinajstić information content (AvgIpc) is 2.89. The van der Waals surface area contributed by atoms with Crippen molar-refractivity contribution in [3.63, 3.8) is 0 Å². The van der Waals surface area contributed by atoms with Gasteiger partial charge in [0, 0.05) is 29.9 Å². The van der Waals surface area contributed by atoms with Crippen molar-refractivity contribution >= 4 is 6.09 Å². The maximum Gasteiger partial charge on any atom is 0.407 e. The number of amides is 1. The number of aromatic nitrogens is 2. The number of aromatic amines is 1. The third-order valence-electron chi connectivity index (χ3n) is 4.97. The Bertz CT molecular complexity index is 549. The monoisotopic (exact) mass is 336 g/mol. The minimum absolute atomic E-state index is 0.0983. The summed E-state index contributed by atoms with van der Waals surface area (Å²) >= 11 is 0. The van der Waals surface area contributed by atoms with Gasteiger partial charge in [-0.25, -0.2) is 4.79 Å². The Morgan fingerprint density at radius 3 is 2.79 bits per heavy atom. The summed E-state index contributed by atoms with van der Waals surface area (Å²) in [4.78, 5) is 12.1. The smallest absolute Gasteiger partial charge is 0.407 e. The number of rotatable bonds is 5. The SMILES string of the molecule is Cc1[nH]ncc1CN[C@]1(CNC(=O)OC(C)(C)C)CCCC[C@@H]1C. The molecule has 6 nitrogen and oxygen atoms in total. The molecule has 1 aromatic rings. The molecule has 2 rings (SSSR count). The second kappa shape index (κ2) is 7.55. The third-order valence-corrected chi connectivity index (χ3v) is 4.97. The minimum atomic E-state index is -0.475. The molecule has 1 aliphatic rings. The van der Waals surface area contributed by atoms with Crippen molar-refractivity contribution in [3.05, 3.63) is 17.5 Å². The van der Waals surface area contributed by atoms with Gasteiger partial charge in [0.25, 0.3) is 0 Å². The second-order valence-electron chi connectivity index (χ2n) is 8.03. The van der Waals surface area contributed by atoms with Crippen molar-refractivity contribution in [1.82, 2.24) is 20.8 Å². The van der Waals surface area contributed by atoms with Gasteiger partial charge in [-0.15, -0.1) is 0 Å². The highest BCUT2D eigenvalue weighted by molar-refractivity contribution is 5.67. The number of hydrogen-bond donors (Lipinski definition) is 3. The van der Waals surface area contributed by atoms with Crippen LogP contribution < -0.4 is 10.6 Å². The van der Waals surface area contributed by atoms with Gasteiger partial charge < -0.3 is 15.4 Å². The lowest BCUT2D eigenvalue weighted by Crippen LogP contribution is -2.58. The largest absolute Gasteiger partial charge is 0.444 e. The van der Waals surface area contributed by atoms with Gasteiger partial charge in [0.05, 0.1) is 6.20 Å². The first-order valence-corrected chi connectivity index (χ1v) is 8.92. The van der Waals surface area contributed by atoms with Crippen molar-refractivity contribution < 1.29 is 9.53 Å². The predicted molar refractivity (Wildman–Crippen MR) is 94.8 cm³/mol. The van der Waals surface area contributed by atoms with E-state index < -0.39 is 5.60 Å². The van der Waals surface area contributed by atoms with Crippen LogP contribution >= 0.6 is 0 Å². The fraction of sp³-hybridized carbons (Fsp3) is 0.778. The van der Waals surface area contributed by atoms with Crippen LogP contribution in [-0.2, 0) is 11.3 Å². The molecular weight excluding hydrogens is 304 g/mol. The molecule has 24 heavy (non-hydrogen) atoms. The highest BCUT2D eigenvalue weighted by Gasteiger charge is 2.38. The summed E-state index contributed by atoms with van der Waals surface area (Å²) in [7, 11) is 0. The summed E-state index contributed by atoms with van der Waals surface area (Å²) < 4.78 is 5.39. The maximum absolute atomic E-state index is 12.1. The first-order chi connectivity index (χ1) is 11.2. The third kappa shape index (κ3) is 4.97. The van der Waals surface area contributed by atoms with E-state index in [1.807, 2.05) is 33.9 Å². The molecule has 1 fully saturated rings. The minimum Gasteiger partial charge on any atom is -0.444 e. The van der Waals surface area contributed by atoms with E-state index in [1.54, 1.807) is 0 Å². The highest BCUT2D eigenvalue weighted by Crippen LogP contribution is 2.33. The Hall–Kier alpha value is -1.56. The fourth-order valence-corrected chi connectivity index (χ4v) is 3.37. The zero-order chi connectivity index (χ0) is 17.8. The molecule has 2 atom stereocenters. The topological polar surface area (TPSA) is 79.0 Å². The van der Waals surface area contributed by atoms with Crippen LogP contribution in [0.2, 0.25) is 0 Å². The van der Waals surface area contributed by atoms with Crippen LogP contribution in [0.15, 0.2) is 6.20 Å². The summed E-state index contributed by atoms with van der Waals surface area (Å²) in [5.74, 6) is 0.494. The summed E-state index contributed by atoms with van der Waals surface area (Å²) in [6.45, 7) is 11.3. The molecule has 0 unspecified atom stereocenters. The van der Waals surface area contributed by atoms with Crippen molar-refractivity contribution in [1.29, 1.82) is 0 Å². The standard InChI is InChI=1S/C18H32N4O2/c1-13-8-6-7-9-18(13,12-19-16(23)24-17(3,4)5)20-10-15-11-21-22-14(15)2/h11,13,20H,6-10,12H2,1-5H3,(H,19,23)(H,21,22)/t13-,18-/m0/s1. The van der Waals surface area contributed by atoms with Crippen LogP contribution in [0.1, 0.15) is 64.6 Å². The molecule has 0 aliphatic heterocycles. The van der Waals surface area contributed by atoms with Gasteiger partial charge in [0.1, 0.15) is 5.60 Å². The average molecular weight is 336 g/mol. The molecule has 0 aromatic carbocycles. The van der Waals surface area contributed by atoms with E-state index in [2.05, 4.69) is 27.8 Å². The molecule has 6 heteroatoms. The fourth-order valence-electron chi connectivity index (χ4n) is 3.37. The van der Waals surface area contributed by atoms with Crippen LogP contribution in [-0.4, -0.2) is 34.0 Å². The molecule has 136 valence electrons. The molecule has 1 saturated carbocycles. The Labute approximate surface area is 145 Å². The molecule has 1 aliphatic carbocycles. The van der Waals surface area contributed by atoms with E-state index in [1.165, 1.54) is 24.8 Å². The van der Waals surface area contributed by atoms with Crippen molar-refractivity contribution in [2.75, 3.05) is 6.54 Å². The number of alkyl carbamates (subject to hydrolysis) is 1. The number of H-pyrrole nitrogens is 1. The Morgan fingerprint density at radius 1 is 1.46 bits per heavy atom. The number of nitrogens with one attached hydrogen (secondary N) is 3. The van der Waals surface area contributed by atoms with E-state index in [4.69, 9.17) is 4.74 Å². The lowest BCUT2D eigenvalue weighted by atomic mass is 9.73. The quantitative estimate of drug-likeness (QED) is 0.771. The Kier molecular flexibility index (Phi) is 5.91. The Balaban J connectivity index is 2.01. The first-order valence-electron chi connectivity index (χ1n) is 8.92. The van der Waals surface area contributed by atoms with E-state index in [0.717, 1.165) is 18.7 Å². The number of hydrogen-bond acceptors (Lipinski definition) is 4. The van der Waals surface area contributed by atoms with Crippen molar-refractivity contribution in [3.8, 4) is 0 Å². The summed E-state index contributed by atoms with van der Waals surface area (Å²) in [5, 5.41) is 13.8. The summed E-state index contributed by atoms with van der Waals surface area (Å²) in [6, 6.07) is 0. The van der Waals surface area contributed by atoms with Crippen LogP contribution in [0.3, 0.4) is 0 Å². The zero-order valence-electron chi connectivity index (χ0n) is 15.7. The molecule has 1 amide bonds. The number of nitrogens with zero attached hydrogens (tertiary/aromatic N) is 1. The van der Waals surface area contributed by atoms with Gasteiger partial charge in [-0.1, -0.05) is 19.8 Å². The maximum atomic E-state index is 12.1. The van der Waals surface area contributed by atoms with Gasteiger partial charge in [-0.2, -0.15) is 5.10 Å². The molecule has 0 bridgehead atoms. The van der Waals surface area contributed by atoms with E-state index in [9.17, 15) is 4.79 Å². The zero-order valence-corrected chi connectivity index (χ0v) is 15.7. The van der Waals surface area contributed by atoms with Crippen LogP contribution in [0.4, 0.5) is 4.79 Å². The molecule has 0 radical (unpaired) electrons. The molecule has 1 heterocycles. The van der Waals surface area contributed by atoms with Crippen LogP contribution in [0.25, 0.3) is 0 Å². The van der Waals surface area contributed by atoms with E-state index >= 15 is 0 Å². The molecule has 3 N–H and O–H groups in total. The normalized spacial score (nSPS) is 24.6. The number of carbonyl (C=O) groups is 1. The lowest BCUT2D eigenvalue weighted by molar-refractivity contribution is 0.0479. The van der Waals surface area contributed by atoms with Gasteiger partial charge in [0.15, 0.2) is 0 Å². The van der Waals surface area contributed by atoms with Crippen molar-refractivity contribution in [2.45, 2.75) is 78.0 Å². The van der Waals surface area contributed by atoms with Gasteiger partial charge >= 0.3 is 6.09 Å². The highest BCUT2D eigenvalue weighted by atomic mass is 16.6. The van der Waals surface area contributed by atoms with E-state index in [0.29, 0.717) is 12.5 Å². The van der Waals surface area contributed by atoms with Crippen molar-refractivity contribution in [2.24, 2.45) is 5.92 Å². The number of aryl methyl sites for hydroxylation is 1. The molecule has 0 saturated heterocycles. The van der Waals surface area contributed by atoms with E-state index in [-0.39, 0.29) is 11.6 Å². The number of carbonyl (C=O) groups excluding carboxylic acids is 1. The van der Waals surface area contributed by atoms with Crippen LogP contribution in [0, 0.1) is 12.8 Å².